The summed E-state index contributed by atoms with van der Waals surface area (Å²) in [5, 5.41) is 11.9. The minimum absolute atomic E-state index is 0.241. The predicted molar refractivity (Wildman–Crippen MR) is 52.7 cm³/mol. The Morgan fingerprint density at radius 3 is 3.00 bits per heavy atom. The molecule has 1 unspecified atom stereocenters. The fourth-order valence-corrected chi connectivity index (χ4v) is 1.69. The highest BCUT2D eigenvalue weighted by Gasteiger charge is 2.11. The lowest BCUT2D eigenvalue weighted by atomic mass is 9.97. The first kappa shape index (κ1) is 11.0. The zero-order valence-electron chi connectivity index (χ0n) is 8.30. The van der Waals surface area contributed by atoms with Gasteiger partial charge in [0.05, 0.1) is 0 Å². The second-order valence-corrected chi connectivity index (χ2v) is 3.69. The molecule has 1 saturated heterocycles. The highest BCUT2D eigenvalue weighted by Crippen LogP contribution is 2.13. The second-order valence-electron chi connectivity index (χ2n) is 3.69. The molecule has 1 atom stereocenters. The summed E-state index contributed by atoms with van der Waals surface area (Å²) < 4.78 is 5.39. The summed E-state index contributed by atoms with van der Waals surface area (Å²) in [4.78, 5) is 0. The van der Waals surface area contributed by atoms with E-state index in [0.29, 0.717) is 6.61 Å². The van der Waals surface area contributed by atoms with E-state index in [1.54, 1.807) is 0 Å². The zero-order valence-corrected chi connectivity index (χ0v) is 8.30. The number of hydrogen-bond acceptors (Lipinski definition) is 3. The summed E-state index contributed by atoms with van der Waals surface area (Å²) >= 11 is 0. The van der Waals surface area contributed by atoms with Crippen LogP contribution in [0.15, 0.2) is 0 Å². The van der Waals surface area contributed by atoms with Crippen LogP contribution in [-0.4, -0.2) is 38.0 Å². The molecule has 1 aliphatic rings. The van der Waals surface area contributed by atoms with Gasteiger partial charge in [0, 0.05) is 19.8 Å². The van der Waals surface area contributed by atoms with E-state index in [4.69, 9.17) is 9.84 Å². The maximum atomic E-state index is 8.52. The van der Waals surface area contributed by atoms with Crippen molar-refractivity contribution in [2.45, 2.75) is 25.7 Å². The lowest BCUT2D eigenvalue weighted by Crippen LogP contribution is -2.30. The number of piperidine rings is 1. The highest BCUT2D eigenvalue weighted by molar-refractivity contribution is 4.68. The molecule has 0 saturated carbocycles. The van der Waals surface area contributed by atoms with Crippen LogP contribution in [0.5, 0.6) is 0 Å². The van der Waals surface area contributed by atoms with Gasteiger partial charge in [-0.3, -0.25) is 0 Å². The zero-order chi connectivity index (χ0) is 9.36. The van der Waals surface area contributed by atoms with Crippen LogP contribution in [0.3, 0.4) is 0 Å². The SMILES string of the molecule is OCCCOCCC1CCCNC1. The van der Waals surface area contributed by atoms with E-state index in [1.165, 1.54) is 25.8 Å². The number of hydrogen-bond donors (Lipinski definition) is 2. The number of aliphatic hydroxyl groups is 1. The van der Waals surface area contributed by atoms with Crippen molar-refractivity contribution in [2.75, 3.05) is 32.9 Å². The molecule has 0 aromatic rings. The molecule has 3 heteroatoms. The van der Waals surface area contributed by atoms with Gasteiger partial charge < -0.3 is 15.2 Å². The van der Waals surface area contributed by atoms with E-state index < -0.39 is 0 Å². The van der Waals surface area contributed by atoms with Crippen LogP contribution in [0.1, 0.15) is 25.7 Å². The van der Waals surface area contributed by atoms with Gasteiger partial charge in [-0.05, 0) is 44.7 Å². The Kier molecular flexibility index (Phi) is 6.15. The van der Waals surface area contributed by atoms with Crippen molar-refractivity contribution in [2.24, 2.45) is 5.92 Å². The Labute approximate surface area is 80.5 Å². The molecule has 0 spiro atoms. The Hall–Kier alpha value is -0.120. The van der Waals surface area contributed by atoms with Gasteiger partial charge in [-0.2, -0.15) is 0 Å². The van der Waals surface area contributed by atoms with Gasteiger partial charge in [-0.15, -0.1) is 0 Å². The van der Waals surface area contributed by atoms with Crippen molar-refractivity contribution in [3.63, 3.8) is 0 Å². The largest absolute Gasteiger partial charge is 0.396 e. The van der Waals surface area contributed by atoms with Crippen molar-refractivity contribution >= 4 is 0 Å². The summed E-state index contributed by atoms with van der Waals surface area (Å²) in [5.74, 6) is 0.808. The lowest BCUT2D eigenvalue weighted by molar-refractivity contribution is 0.101. The lowest BCUT2D eigenvalue weighted by Gasteiger charge is -2.22. The predicted octanol–water partition coefficient (Wildman–Crippen LogP) is 0.775. The summed E-state index contributed by atoms with van der Waals surface area (Å²) in [5.41, 5.74) is 0. The topological polar surface area (TPSA) is 41.5 Å². The quantitative estimate of drug-likeness (QED) is 0.604. The van der Waals surface area contributed by atoms with Gasteiger partial charge in [-0.1, -0.05) is 0 Å². The van der Waals surface area contributed by atoms with Crippen LogP contribution in [0.2, 0.25) is 0 Å². The van der Waals surface area contributed by atoms with Crippen molar-refractivity contribution in [3.05, 3.63) is 0 Å². The third-order valence-corrected chi connectivity index (χ3v) is 2.52. The standard InChI is InChI=1S/C10H21NO2/c12-6-2-7-13-8-4-10-3-1-5-11-9-10/h10-12H,1-9H2. The molecule has 1 fully saturated rings. The molecular formula is C10H21NO2. The van der Waals surface area contributed by atoms with Gasteiger partial charge >= 0.3 is 0 Å². The van der Waals surface area contributed by atoms with E-state index >= 15 is 0 Å². The molecule has 78 valence electrons. The molecule has 1 heterocycles. The molecule has 0 aromatic heterocycles. The molecule has 13 heavy (non-hydrogen) atoms. The summed E-state index contributed by atoms with van der Waals surface area (Å²) in [7, 11) is 0. The van der Waals surface area contributed by atoms with Crippen molar-refractivity contribution in [1.82, 2.24) is 5.32 Å². The highest BCUT2D eigenvalue weighted by atomic mass is 16.5. The van der Waals surface area contributed by atoms with E-state index in [2.05, 4.69) is 5.32 Å². The van der Waals surface area contributed by atoms with Crippen LogP contribution in [-0.2, 0) is 4.74 Å². The molecule has 2 N–H and O–H groups in total. The third-order valence-electron chi connectivity index (χ3n) is 2.52. The first-order valence-corrected chi connectivity index (χ1v) is 5.33. The Bertz CT molecular complexity index is 113. The molecule has 0 bridgehead atoms. The van der Waals surface area contributed by atoms with Crippen LogP contribution in [0.25, 0.3) is 0 Å². The molecule has 0 radical (unpaired) electrons. The van der Waals surface area contributed by atoms with Gasteiger partial charge in [-0.25, -0.2) is 0 Å². The Morgan fingerprint density at radius 2 is 2.31 bits per heavy atom. The molecule has 0 aromatic carbocycles. The maximum absolute atomic E-state index is 8.52. The molecule has 0 aliphatic carbocycles. The third kappa shape index (κ3) is 5.24. The fraction of sp³-hybridized carbons (Fsp3) is 1.00. The summed E-state index contributed by atoms with van der Waals surface area (Å²) in [6.07, 6.45) is 4.58. The molecule has 0 amide bonds. The Morgan fingerprint density at radius 1 is 1.38 bits per heavy atom. The first-order chi connectivity index (χ1) is 6.43. The number of rotatable bonds is 6. The number of nitrogens with one attached hydrogen (secondary N) is 1. The average molecular weight is 187 g/mol. The minimum Gasteiger partial charge on any atom is -0.396 e. The van der Waals surface area contributed by atoms with Crippen molar-refractivity contribution < 1.29 is 9.84 Å². The molecule has 1 aliphatic heterocycles. The normalized spacial score (nSPS) is 23.3. The molecule has 1 rings (SSSR count). The second kappa shape index (κ2) is 7.30. The van der Waals surface area contributed by atoms with Crippen LogP contribution in [0, 0.1) is 5.92 Å². The van der Waals surface area contributed by atoms with Crippen LogP contribution in [0.4, 0.5) is 0 Å². The van der Waals surface area contributed by atoms with Crippen LogP contribution >= 0.6 is 0 Å². The van der Waals surface area contributed by atoms with Crippen LogP contribution < -0.4 is 5.32 Å². The van der Waals surface area contributed by atoms with E-state index in [0.717, 1.165) is 25.5 Å². The van der Waals surface area contributed by atoms with E-state index in [1.807, 2.05) is 0 Å². The van der Waals surface area contributed by atoms with Crippen molar-refractivity contribution in [3.8, 4) is 0 Å². The van der Waals surface area contributed by atoms with Gasteiger partial charge in [0.25, 0.3) is 0 Å². The van der Waals surface area contributed by atoms with Gasteiger partial charge in [0.2, 0.25) is 0 Å². The van der Waals surface area contributed by atoms with E-state index in [-0.39, 0.29) is 6.61 Å². The summed E-state index contributed by atoms with van der Waals surface area (Å²) in [6, 6.07) is 0. The monoisotopic (exact) mass is 187 g/mol. The van der Waals surface area contributed by atoms with Gasteiger partial charge in [0.1, 0.15) is 0 Å². The number of aliphatic hydroxyl groups excluding tert-OH is 1. The molecule has 3 nitrogen and oxygen atoms in total. The van der Waals surface area contributed by atoms with Gasteiger partial charge in [0.15, 0.2) is 0 Å². The smallest absolute Gasteiger partial charge is 0.0487 e. The Balaban J connectivity index is 1.86. The first-order valence-electron chi connectivity index (χ1n) is 5.33. The summed E-state index contributed by atoms with van der Waals surface area (Å²) in [6.45, 7) is 4.14. The maximum Gasteiger partial charge on any atom is 0.0487 e. The van der Waals surface area contributed by atoms with Crippen molar-refractivity contribution in [1.29, 1.82) is 0 Å². The fourth-order valence-electron chi connectivity index (χ4n) is 1.69. The minimum atomic E-state index is 0.241. The van der Waals surface area contributed by atoms with E-state index in [9.17, 15) is 0 Å². The number of ether oxygens (including phenoxy) is 1. The average Bonchev–Trinajstić information content (AvgIpc) is 2.19. The molecular weight excluding hydrogens is 166 g/mol.